The predicted molar refractivity (Wildman–Crippen MR) is 85.2 cm³/mol. The molecule has 2 heterocycles. The highest BCUT2D eigenvalue weighted by atomic mass is 32.2. The topological polar surface area (TPSA) is 111 Å². The predicted octanol–water partition coefficient (Wildman–Crippen LogP) is 0.990. The Morgan fingerprint density at radius 1 is 1.32 bits per heavy atom. The van der Waals surface area contributed by atoms with Crippen LogP contribution in [0.1, 0.15) is 46.2 Å². The van der Waals surface area contributed by atoms with Crippen LogP contribution in [0.4, 0.5) is 0 Å². The number of rotatable bonds is 4. The Kier molecular flexibility index (Phi) is 4.07. The lowest BCUT2D eigenvalue weighted by Gasteiger charge is -2.14. The number of esters is 1. The summed E-state index contributed by atoms with van der Waals surface area (Å²) in [7, 11) is -2.79. The first-order valence-corrected chi connectivity index (χ1v) is 8.89. The van der Waals surface area contributed by atoms with Gasteiger partial charge in [0.1, 0.15) is 11.6 Å². The SMILES string of the molecule is COC(=O)c1cn(CN2C(=O)c3c(C(C)C)cccc3S2(=O)=O)nn1. The number of sulfonamides is 1. The van der Waals surface area contributed by atoms with E-state index in [1.165, 1.54) is 19.4 Å². The minimum atomic E-state index is -3.99. The van der Waals surface area contributed by atoms with Gasteiger partial charge in [0.2, 0.25) is 0 Å². The normalized spacial score (nSPS) is 15.5. The van der Waals surface area contributed by atoms with Crippen LogP contribution in [0.5, 0.6) is 0 Å². The van der Waals surface area contributed by atoms with Crippen molar-refractivity contribution in [1.82, 2.24) is 19.3 Å². The second-order valence-corrected chi connectivity index (χ2v) is 7.64. The van der Waals surface area contributed by atoms with Gasteiger partial charge in [-0.25, -0.2) is 22.2 Å². The van der Waals surface area contributed by atoms with Gasteiger partial charge in [-0.3, -0.25) is 4.79 Å². The molecule has 0 aliphatic carbocycles. The maximum atomic E-state index is 12.7. The molecule has 1 aromatic heterocycles. The quantitative estimate of drug-likeness (QED) is 0.744. The Balaban J connectivity index is 1.99. The fourth-order valence-corrected chi connectivity index (χ4v) is 4.19. The fraction of sp³-hybridized carbons (Fsp3) is 0.333. The average Bonchev–Trinajstić information content (AvgIpc) is 3.12. The lowest BCUT2D eigenvalue weighted by atomic mass is 9.97. The third-order valence-corrected chi connectivity index (χ3v) is 5.65. The number of aromatic nitrogens is 3. The molecule has 0 N–H and O–H groups in total. The number of hydrogen-bond donors (Lipinski definition) is 0. The zero-order chi connectivity index (χ0) is 18.4. The van der Waals surface area contributed by atoms with Crippen molar-refractivity contribution < 1.29 is 22.7 Å². The molecule has 132 valence electrons. The number of fused-ring (bicyclic) bond motifs is 1. The number of amides is 1. The van der Waals surface area contributed by atoms with Gasteiger partial charge < -0.3 is 4.74 Å². The van der Waals surface area contributed by atoms with Crippen LogP contribution in [-0.2, 0) is 21.4 Å². The highest BCUT2D eigenvalue weighted by Crippen LogP contribution is 2.35. The molecule has 0 bridgehead atoms. The lowest BCUT2D eigenvalue weighted by Crippen LogP contribution is -2.32. The van der Waals surface area contributed by atoms with Gasteiger partial charge in [0.05, 0.1) is 18.9 Å². The third-order valence-electron chi connectivity index (χ3n) is 3.90. The van der Waals surface area contributed by atoms with Gasteiger partial charge in [0.25, 0.3) is 15.9 Å². The first-order valence-electron chi connectivity index (χ1n) is 7.45. The number of ether oxygens (including phenoxy) is 1. The number of carbonyl (C=O) groups is 2. The summed E-state index contributed by atoms with van der Waals surface area (Å²) in [6, 6.07) is 4.77. The molecule has 0 radical (unpaired) electrons. The molecule has 10 heteroatoms. The van der Waals surface area contributed by atoms with Crippen LogP contribution >= 0.6 is 0 Å². The molecular weight excluding hydrogens is 348 g/mol. The van der Waals surface area contributed by atoms with Crippen molar-refractivity contribution in [3.8, 4) is 0 Å². The lowest BCUT2D eigenvalue weighted by molar-refractivity contribution is 0.0593. The highest BCUT2D eigenvalue weighted by Gasteiger charge is 2.43. The van der Waals surface area contributed by atoms with Crippen molar-refractivity contribution in [2.75, 3.05) is 7.11 Å². The van der Waals surface area contributed by atoms with Gasteiger partial charge in [-0.1, -0.05) is 31.2 Å². The van der Waals surface area contributed by atoms with E-state index in [0.29, 0.717) is 5.56 Å². The van der Waals surface area contributed by atoms with E-state index in [9.17, 15) is 18.0 Å². The minimum Gasteiger partial charge on any atom is -0.464 e. The molecule has 0 unspecified atom stereocenters. The van der Waals surface area contributed by atoms with Crippen LogP contribution in [0, 0.1) is 0 Å². The summed E-state index contributed by atoms with van der Waals surface area (Å²) >= 11 is 0. The molecule has 1 aromatic carbocycles. The van der Waals surface area contributed by atoms with Gasteiger partial charge in [0, 0.05) is 0 Å². The van der Waals surface area contributed by atoms with E-state index >= 15 is 0 Å². The zero-order valence-electron chi connectivity index (χ0n) is 13.8. The second kappa shape index (κ2) is 5.96. The number of carbonyl (C=O) groups excluding carboxylic acids is 2. The molecule has 1 amide bonds. The van der Waals surface area contributed by atoms with Gasteiger partial charge >= 0.3 is 5.97 Å². The van der Waals surface area contributed by atoms with Crippen molar-refractivity contribution in [1.29, 1.82) is 0 Å². The molecule has 25 heavy (non-hydrogen) atoms. The number of benzene rings is 1. The molecule has 9 nitrogen and oxygen atoms in total. The minimum absolute atomic E-state index is 0.00801. The third kappa shape index (κ3) is 2.68. The van der Waals surface area contributed by atoms with Crippen LogP contribution in [0.3, 0.4) is 0 Å². The Labute approximate surface area is 144 Å². The van der Waals surface area contributed by atoms with E-state index in [4.69, 9.17) is 0 Å². The number of nitrogens with zero attached hydrogens (tertiary/aromatic N) is 4. The molecule has 2 aromatic rings. The van der Waals surface area contributed by atoms with Gasteiger partial charge in [0.15, 0.2) is 5.69 Å². The maximum Gasteiger partial charge on any atom is 0.360 e. The summed E-state index contributed by atoms with van der Waals surface area (Å²) in [5.74, 6) is -1.33. The van der Waals surface area contributed by atoms with Crippen LogP contribution in [0.25, 0.3) is 0 Å². The molecule has 0 atom stereocenters. The van der Waals surface area contributed by atoms with Crippen molar-refractivity contribution in [2.24, 2.45) is 0 Å². The molecule has 0 spiro atoms. The first-order chi connectivity index (χ1) is 11.8. The standard InChI is InChI=1S/C15H16N4O5S/c1-9(2)10-5-4-6-12-13(10)14(20)19(25(12,22)23)8-18-7-11(16-17-18)15(21)24-3/h4-7,9H,8H2,1-3H3. The largest absolute Gasteiger partial charge is 0.464 e. The second-order valence-electron chi connectivity index (χ2n) is 5.81. The maximum absolute atomic E-state index is 12.7. The Bertz CT molecular complexity index is 964. The summed E-state index contributed by atoms with van der Waals surface area (Å²) in [4.78, 5) is 24.1. The van der Waals surface area contributed by atoms with Crippen LogP contribution < -0.4 is 0 Å². The summed E-state index contributed by atoms with van der Waals surface area (Å²) in [6.45, 7) is 3.40. The molecule has 0 saturated carbocycles. The molecular formula is C15H16N4O5S. The van der Waals surface area contributed by atoms with E-state index in [0.717, 1.165) is 8.99 Å². The molecule has 3 rings (SSSR count). The molecule has 0 fully saturated rings. The average molecular weight is 364 g/mol. The fourth-order valence-electron chi connectivity index (χ4n) is 2.66. The van der Waals surface area contributed by atoms with E-state index in [-0.39, 0.29) is 28.7 Å². The summed E-state index contributed by atoms with van der Waals surface area (Å²) in [6.07, 6.45) is 1.22. The van der Waals surface area contributed by atoms with E-state index < -0.39 is 21.9 Å². The van der Waals surface area contributed by atoms with Gasteiger partial charge in [-0.15, -0.1) is 5.10 Å². The first kappa shape index (κ1) is 17.1. The summed E-state index contributed by atoms with van der Waals surface area (Å²) < 4.78 is 31.8. The Morgan fingerprint density at radius 2 is 2.04 bits per heavy atom. The van der Waals surface area contributed by atoms with E-state index in [1.807, 2.05) is 13.8 Å². The Morgan fingerprint density at radius 3 is 2.68 bits per heavy atom. The van der Waals surface area contributed by atoms with Gasteiger partial charge in [-0.05, 0) is 17.5 Å². The van der Waals surface area contributed by atoms with Gasteiger partial charge in [-0.2, -0.15) is 0 Å². The van der Waals surface area contributed by atoms with Crippen LogP contribution in [-0.4, -0.2) is 46.7 Å². The van der Waals surface area contributed by atoms with E-state index in [2.05, 4.69) is 15.0 Å². The monoisotopic (exact) mass is 364 g/mol. The van der Waals surface area contributed by atoms with Crippen molar-refractivity contribution >= 4 is 21.9 Å². The van der Waals surface area contributed by atoms with Crippen molar-refractivity contribution in [3.63, 3.8) is 0 Å². The molecule has 0 saturated heterocycles. The van der Waals surface area contributed by atoms with Crippen molar-refractivity contribution in [2.45, 2.75) is 31.3 Å². The highest BCUT2D eigenvalue weighted by molar-refractivity contribution is 7.90. The summed E-state index contributed by atoms with van der Waals surface area (Å²) in [5, 5.41) is 7.28. The van der Waals surface area contributed by atoms with Crippen molar-refractivity contribution in [3.05, 3.63) is 41.2 Å². The Hall–Kier alpha value is -2.75. The summed E-state index contributed by atoms with van der Waals surface area (Å²) in [5.41, 5.74) is 0.778. The van der Waals surface area contributed by atoms with Crippen LogP contribution in [0.15, 0.2) is 29.3 Å². The zero-order valence-corrected chi connectivity index (χ0v) is 14.6. The number of methoxy groups -OCH3 is 1. The molecule has 1 aliphatic heterocycles. The molecule has 1 aliphatic rings. The van der Waals surface area contributed by atoms with E-state index in [1.54, 1.807) is 12.1 Å². The number of hydrogen-bond acceptors (Lipinski definition) is 7. The smallest absolute Gasteiger partial charge is 0.360 e. The van der Waals surface area contributed by atoms with Crippen LogP contribution in [0.2, 0.25) is 0 Å².